The molecule has 1 aromatic carbocycles. The summed E-state index contributed by atoms with van der Waals surface area (Å²) in [5, 5.41) is 7.08. The van der Waals surface area contributed by atoms with E-state index in [2.05, 4.69) is 55.8 Å². The van der Waals surface area contributed by atoms with Crippen molar-refractivity contribution in [1.29, 1.82) is 0 Å². The van der Waals surface area contributed by atoms with Crippen molar-refractivity contribution in [3.05, 3.63) is 34.3 Å². The second-order valence-electron chi connectivity index (χ2n) is 8.12. The number of hydrogen-bond donors (Lipinski definition) is 2. The molecule has 1 aliphatic heterocycles. The molecule has 1 amide bonds. The van der Waals surface area contributed by atoms with Crippen LogP contribution in [0.3, 0.4) is 0 Å². The number of benzene rings is 1. The Morgan fingerprint density at radius 3 is 2.59 bits per heavy atom. The number of likely N-dealkylation sites (tertiary alicyclic amines) is 1. The number of carbonyl (C=O) groups excluding carboxylic acids is 1. The van der Waals surface area contributed by atoms with E-state index in [1.807, 2.05) is 25.8 Å². The van der Waals surface area contributed by atoms with E-state index in [0.29, 0.717) is 6.04 Å². The van der Waals surface area contributed by atoms with Crippen molar-refractivity contribution in [1.82, 2.24) is 15.5 Å². The summed E-state index contributed by atoms with van der Waals surface area (Å²) in [6, 6.07) is 9.00. The molecular formula is C21H31BrN4O. The van der Waals surface area contributed by atoms with Crippen molar-refractivity contribution in [3.63, 3.8) is 0 Å². The molecule has 0 radical (unpaired) electrons. The van der Waals surface area contributed by atoms with Gasteiger partial charge in [-0.05, 0) is 43.4 Å². The van der Waals surface area contributed by atoms with Gasteiger partial charge < -0.3 is 15.5 Å². The molecular weight excluding hydrogens is 404 g/mol. The van der Waals surface area contributed by atoms with Crippen LogP contribution in [0.25, 0.3) is 0 Å². The average molecular weight is 435 g/mol. The lowest BCUT2D eigenvalue weighted by Crippen LogP contribution is -2.51. The van der Waals surface area contributed by atoms with Crippen LogP contribution >= 0.6 is 15.9 Å². The van der Waals surface area contributed by atoms with Gasteiger partial charge in [-0.15, -0.1) is 0 Å². The van der Waals surface area contributed by atoms with Gasteiger partial charge in [0.05, 0.1) is 0 Å². The molecule has 5 nitrogen and oxygen atoms in total. The zero-order valence-electron chi connectivity index (χ0n) is 16.6. The number of amides is 1. The standard InChI is InChI=1S/C21H31BrN4O/c1-15(2)19(27)26-11-7-18(8-12-26)25-20(23-3)24-14-21(9-10-21)16-5-4-6-17(22)13-16/h4-6,13,15,18H,7-12,14H2,1-3H3,(H2,23,24,25). The van der Waals surface area contributed by atoms with Crippen molar-refractivity contribution < 1.29 is 4.79 Å². The lowest BCUT2D eigenvalue weighted by molar-refractivity contribution is -0.135. The highest BCUT2D eigenvalue weighted by Crippen LogP contribution is 2.48. The third-order valence-corrected chi connectivity index (χ3v) is 6.24. The average Bonchev–Trinajstić information content (AvgIpc) is 3.46. The number of hydrogen-bond acceptors (Lipinski definition) is 2. The minimum atomic E-state index is 0.0803. The van der Waals surface area contributed by atoms with Gasteiger partial charge in [-0.3, -0.25) is 9.79 Å². The van der Waals surface area contributed by atoms with E-state index in [9.17, 15) is 4.79 Å². The molecule has 1 saturated carbocycles. The molecule has 2 aliphatic rings. The molecule has 0 aromatic heterocycles. The Morgan fingerprint density at radius 2 is 2.04 bits per heavy atom. The van der Waals surface area contributed by atoms with E-state index in [0.717, 1.165) is 42.9 Å². The van der Waals surface area contributed by atoms with Crippen molar-refractivity contribution in [3.8, 4) is 0 Å². The first kappa shape index (κ1) is 20.2. The van der Waals surface area contributed by atoms with Crippen LogP contribution in [0, 0.1) is 5.92 Å². The zero-order valence-corrected chi connectivity index (χ0v) is 18.2. The fourth-order valence-corrected chi connectivity index (χ4v) is 4.19. The smallest absolute Gasteiger partial charge is 0.225 e. The molecule has 2 fully saturated rings. The highest BCUT2D eigenvalue weighted by Gasteiger charge is 2.44. The maximum absolute atomic E-state index is 12.1. The molecule has 1 aromatic rings. The Labute approximate surface area is 171 Å². The van der Waals surface area contributed by atoms with Gasteiger partial charge in [0.1, 0.15) is 0 Å². The van der Waals surface area contributed by atoms with E-state index < -0.39 is 0 Å². The number of guanidine groups is 1. The molecule has 0 bridgehead atoms. The van der Waals surface area contributed by atoms with Crippen molar-refractivity contribution in [2.24, 2.45) is 10.9 Å². The summed E-state index contributed by atoms with van der Waals surface area (Å²) in [6.07, 6.45) is 4.36. The largest absolute Gasteiger partial charge is 0.356 e. The molecule has 0 spiro atoms. The second kappa shape index (κ2) is 8.63. The summed E-state index contributed by atoms with van der Waals surface area (Å²) in [4.78, 5) is 18.5. The Balaban J connectivity index is 1.49. The summed E-state index contributed by atoms with van der Waals surface area (Å²) in [5.74, 6) is 1.21. The maximum atomic E-state index is 12.1. The summed E-state index contributed by atoms with van der Waals surface area (Å²) in [5.41, 5.74) is 1.62. The van der Waals surface area contributed by atoms with Crippen LogP contribution in [0.5, 0.6) is 0 Å². The van der Waals surface area contributed by atoms with Crippen LogP contribution in [-0.4, -0.2) is 49.5 Å². The van der Waals surface area contributed by atoms with Crippen LogP contribution < -0.4 is 10.6 Å². The highest BCUT2D eigenvalue weighted by molar-refractivity contribution is 9.10. The number of halogens is 1. The van der Waals surface area contributed by atoms with Crippen LogP contribution in [-0.2, 0) is 10.2 Å². The van der Waals surface area contributed by atoms with Gasteiger partial charge in [0.15, 0.2) is 5.96 Å². The molecule has 1 aliphatic carbocycles. The van der Waals surface area contributed by atoms with Gasteiger partial charge in [0, 0.05) is 48.5 Å². The second-order valence-corrected chi connectivity index (χ2v) is 9.03. The highest BCUT2D eigenvalue weighted by atomic mass is 79.9. The van der Waals surface area contributed by atoms with E-state index in [1.54, 1.807) is 0 Å². The molecule has 27 heavy (non-hydrogen) atoms. The number of nitrogens with zero attached hydrogens (tertiary/aromatic N) is 2. The zero-order chi connectivity index (χ0) is 19.4. The number of aliphatic imine (C=N–C) groups is 1. The third kappa shape index (κ3) is 5.03. The van der Waals surface area contributed by atoms with E-state index >= 15 is 0 Å². The minimum absolute atomic E-state index is 0.0803. The first-order valence-electron chi connectivity index (χ1n) is 9.95. The third-order valence-electron chi connectivity index (χ3n) is 5.75. The molecule has 3 rings (SSSR count). The van der Waals surface area contributed by atoms with Crippen molar-refractivity contribution >= 4 is 27.8 Å². The Morgan fingerprint density at radius 1 is 1.33 bits per heavy atom. The molecule has 6 heteroatoms. The molecule has 1 saturated heterocycles. The Hall–Kier alpha value is -1.56. The van der Waals surface area contributed by atoms with Gasteiger partial charge in [-0.2, -0.15) is 0 Å². The molecule has 0 atom stereocenters. The summed E-state index contributed by atoms with van der Waals surface area (Å²) in [7, 11) is 1.82. The maximum Gasteiger partial charge on any atom is 0.225 e. The van der Waals surface area contributed by atoms with E-state index in [-0.39, 0.29) is 17.2 Å². The lowest BCUT2D eigenvalue weighted by atomic mass is 9.96. The van der Waals surface area contributed by atoms with E-state index in [4.69, 9.17) is 0 Å². The van der Waals surface area contributed by atoms with Gasteiger partial charge in [0.25, 0.3) is 0 Å². The quantitative estimate of drug-likeness (QED) is 0.551. The molecule has 0 unspecified atom stereocenters. The topological polar surface area (TPSA) is 56.7 Å². The number of rotatable bonds is 5. The lowest BCUT2D eigenvalue weighted by Gasteiger charge is -2.34. The van der Waals surface area contributed by atoms with Crippen molar-refractivity contribution in [2.45, 2.75) is 51.0 Å². The predicted octanol–water partition coefficient (Wildman–Crippen LogP) is 3.29. The van der Waals surface area contributed by atoms with Crippen molar-refractivity contribution in [2.75, 3.05) is 26.7 Å². The van der Waals surface area contributed by atoms with Crippen LogP contribution in [0.4, 0.5) is 0 Å². The summed E-state index contributed by atoms with van der Waals surface area (Å²) < 4.78 is 1.14. The normalized spacial score (nSPS) is 19.9. The van der Waals surface area contributed by atoms with Crippen LogP contribution in [0.15, 0.2) is 33.7 Å². The first-order valence-corrected chi connectivity index (χ1v) is 10.7. The summed E-state index contributed by atoms with van der Waals surface area (Å²) >= 11 is 3.58. The van der Waals surface area contributed by atoms with Crippen LogP contribution in [0.1, 0.15) is 45.1 Å². The SMILES string of the molecule is CN=C(NCC1(c2cccc(Br)c2)CC1)NC1CCN(C(=O)C(C)C)CC1. The number of nitrogens with one attached hydrogen (secondary N) is 2. The Kier molecular flexibility index (Phi) is 6.45. The molecule has 2 N–H and O–H groups in total. The monoisotopic (exact) mass is 434 g/mol. The number of piperidine rings is 1. The predicted molar refractivity (Wildman–Crippen MR) is 114 cm³/mol. The Bertz CT molecular complexity index is 691. The molecule has 148 valence electrons. The molecule has 1 heterocycles. The van der Waals surface area contributed by atoms with Gasteiger partial charge in [-0.25, -0.2) is 0 Å². The fraction of sp³-hybridized carbons (Fsp3) is 0.619. The minimum Gasteiger partial charge on any atom is -0.356 e. The number of carbonyl (C=O) groups is 1. The van der Waals surface area contributed by atoms with Gasteiger partial charge in [-0.1, -0.05) is 41.9 Å². The summed E-state index contributed by atoms with van der Waals surface area (Å²) in [6.45, 7) is 6.49. The van der Waals surface area contributed by atoms with E-state index in [1.165, 1.54) is 18.4 Å². The first-order chi connectivity index (χ1) is 12.9. The van der Waals surface area contributed by atoms with Gasteiger partial charge in [0.2, 0.25) is 5.91 Å². The van der Waals surface area contributed by atoms with Crippen LogP contribution in [0.2, 0.25) is 0 Å². The van der Waals surface area contributed by atoms with Gasteiger partial charge >= 0.3 is 0 Å². The fourth-order valence-electron chi connectivity index (χ4n) is 3.79.